The van der Waals surface area contributed by atoms with Gasteiger partial charge >= 0.3 is 0 Å². The van der Waals surface area contributed by atoms with Crippen LogP contribution in [-0.2, 0) is 6.42 Å². The van der Waals surface area contributed by atoms with Gasteiger partial charge in [0.05, 0.1) is 5.75 Å². The molecular weight excluding hydrogens is 206 g/mol. The number of aryl methyl sites for hydroxylation is 1. The summed E-state index contributed by atoms with van der Waals surface area (Å²) < 4.78 is 0. The molecule has 0 bridgehead atoms. The Morgan fingerprint density at radius 3 is 2.67 bits per heavy atom. The summed E-state index contributed by atoms with van der Waals surface area (Å²) in [6.45, 7) is 2.14. The topological polar surface area (TPSA) is 48.2 Å². The molecule has 1 aliphatic heterocycles. The van der Waals surface area contributed by atoms with Crippen molar-refractivity contribution in [1.82, 2.24) is 0 Å². The van der Waals surface area contributed by atoms with Gasteiger partial charge in [-0.1, -0.05) is 30.8 Å². The van der Waals surface area contributed by atoms with E-state index in [9.17, 15) is 0 Å². The highest BCUT2D eigenvalue weighted by Crippen LogP contribution is 2.17. The molecule has 0 aliphatic carbocycles. The Morgan fingerprint density at radius 2 is 2.13 bits per heavy atom. The first-order chi connectivity index (χ1) is 7.28. The third-order valence-electron chi connectivity index (χ3n) is 2.20. The van der Waals surface area contributed by atoms with E-state index >= 15 is 0 Å². The molecule has 0 spiro atoms. The van der Waals surface area contributed by atoms with Crippen molar-refractivity contribution in [2.24, 2.45) is 4.99 Å². The molecule has 15 heavy (non-hydrogen) atoms. The van der Waals surface area contributed by atoms with Crippen LogP contribution < -0.4 is 5.32 Å². The molecule has 0 saturated carbocycles. The lowest BCUT2D eigenvalue weighted by Gasteiger charge is -2.04. The zero-order valence-electron chi connectivity index (χ0n) is 8.58. The Labute approximate surface area is 93.5 Å². The Hall–Kier alpha value is -1.29. The molecular formula is C11H13N3S. The molecule has 0 fully saturated rings. The first-order valence-electron chi connectivity index (χ1n) is 4.93. The maximum Gasteiger partial charge on any atom is 0.168 e. The summed E-state index contributed by atoms with van der Waals surface area (Å²) in [5.74, 6) is 1.11. The molecule has 2 N–H and O–H groups in total. The van der Waals surface area contributed by atoms with Gasteiger partial charge in [-0.15, -0.1) is 0 Å². The molecule has 1 aromatic carbocycles. The van der Waals surface area contributed by atoms with Crippen molar-refractivity contribution in [1.29, 1.82) is 5.41 Å². The predicted octanol–water partition coefficient (Wildman–Crippen LogP) is 2.74. The van der Waals surface area contributed by atoms with Crippen LogP contribution >= 0.6 is 11.8 Å². The first kappa shape index (κ1) is 10.2. The summed E-state index contributed by atoms with van der Waals surface area (Å²) in [7, 11) is 0. The average Bonchev–Trinajstić information content (AvgIpc) is 2.65. The average molecular weight is 219 g/mol. The van der Waals surface area contributed by atoms with Crippen molar-refractivity contribution in [2.45, 2.75) is 13.3 Å². The van der Waals surface area contributed by atoms with E-state index in [1.54, 1.807) is 11.8 Å². The molecule has 1 heterocycles. The summed E-state index contributed by atoms with van der Waals surface area (Å²) >= 11 is 1.57. The molecule has 0 aromatic heterocycles. The molecule has 2 rings (SSSR count). The fourth-order valence-corrected chi connectivity index (χ4v) is 2.04. The number of benzene rings is 1. The molecule has 0 unspecified atom stereocenters. The maximum atomic E-state index is 7.36. The highest BCUT2D eigenvalue weighted by atomic mass is 32.2. The highest BCUT2D eigenvalue weighted by molar-refractivity contribution is 8.15. The van der Waals surface area contributed by atoms with E-state index < -0.39 is 0 Å². The molecule has 1 aliphatic rings. The number of nitrogens with one attached hydrogen (secondary N) is 2. The van der Waals surface area contributed by atoms with E-state index in [1.165, 1.54) is 5.56 Å². The number of nitrogens with zero attached hydrogens (tertiary/aromatic N) is 1. The van der Waals surface area contributed by atoms with E-state index in [1.807, 2.05) is 12.1 Å². The zero-order valence-corrected chi connectivity index (χ0v) is 9.40. The van der Waals surface area contributed by atoms with Gasteiger partial charge in [0, 0.05) is 5.69 Å². The van der Waals surface area contributed by atoms with Gasteiger partial charge in [0.1, 0.15) is 5.84 Å². The lowest BCUT2D eigenvalue weighted by atomic mass is 10.1. The van der Waals surface area contributed by atoms with Crippen LogP contribution in [0, 0.1) is 5.41 Å². The van der Waals surface area contributed by atoms with Crippen molar-refractivity contribution in [2.75, 3.05) is 11.1 Å². The predicted molar refractivity (Wildman–Crippen MR) is 67.1 cm³/mol. The lowest BCUT2D eigenvalue weighted by molar-refractivity contribution is 1.14. The summed E-state index contributed by atoms with van der Waals surface area (Å²) in [6.07, 6.45) is 1.06. The molecule has 0 amide bonds. The molecule has 78 valence electrons. The van der Waals surface area contributed by atoms with Crippen LogP contribution in [0.25, 0.3) is 0 Å². The Balaban J connectivity index is 2.05. The van der Waals surface area contributed by atoms with E-state index in [0.717, 1.165) is 17.3 Å². The van der Waals surface area contributed by atoms with Crippen molar-refractivity contribution in [3.05, 3.63) is 29.8 Å². The molecule has 1 aromatic rings. The van der Waals surface area contributed by atoms with Gasteiger partial charge in [-0.2, -0.15) is 0 Å². The Morgan fingerprint density at radius 1 is 1.40 bits per heavy atom. The monoisotopic (exact) mass is 219 g/mol. The number of aliphatic imine (C=N–C) groups is 1. The summed E-state index contributed by atoms with van der Waals surface area (Å²) in [5.41, 5.74) is 2.36. The lowest BCUT2D eigenvalue weighted by Crippen LogP contribution is -2.04. The van der Waals surface area contributed by atoms with Gasteiger partial charge in [-0.3, -0.25) is 5.41 Å². The first-order valence-corrected chi connectivity index (χ1v) is 5.91. The second-order valence-electron chi connectivity index (χ2n) is 3.33. The van der Waals surface area contributed by atoms with Crippen LogP contribution in [0.4, 0.5) is 5.69 Å². The van der Waals surface area contributed by atoms with E-state index in [2.05, 4.69) is 29.4 Å². The molecule has 3 nitrogen and oxygen atoms in total. The van der Waals surface area contributed by atoms with Crippen molar-refractivity contribution < 1.29 is 0 Å². The molecule has 0 saturated heterocycles. The van der Waals surface area contributed by atoms with E-state index in [4.69, 9.17) is 5.41 Å². The maximum absolute atomic E-state index is 7.36. The fourth-order valence-electron chi connectivity index (χ4n) is 1.34. The number of rotatable bonds is 2. The number of hydrogen-bond acceptors (Lipinski definition) is 3. The van der Waals surface area contributed by atoms with Gasteiger partial charge in [0.25, 0.3) is 0 Å². The van der Waals surface area contributed by atoms with Gasteiger partial charge in [-0.25, -0.2) is 4.99 Å². The Bertz CT molecular complexity index is 395. The minimum Gasteiger partial charge on any atom is -0.335 e. The second kappa shape index (κ2) is 4.49. The third kappa shape index (κ3) is 2.59. The Kier molecular flexibility index (Phi) is 3.06. The number of hydrogen-bond donors (Lipinski definition) is 2. The van der Waals surface area contributed by atoms with Crippen molar-refractivity contribution in [3.8, 4) is 0 Å². The molecule has 4 heteroatoms. The number of anilines is 1. The van der Waals surface area contributed by atoms with Gasteiger partial charge < -0.3 is 5.32 Å². The summed E-state index contributed by atoms with van der Waals surface area (Å²) in [4.78, 5) is 4.08. The molecule has 0 radical (unpaired) electrons. The fraction of sp³-hybridized carbons (Fsp3) is 0.273. The summed E-state index contributed by atoms with van der Waals surface area (Å²) in [6, 6.07) is 8.30. The van der Waals surface area contributed by atoms with Crippen LogP contribution in [0.5, 0.6) is 0 Å². The van der Waals surface area contributed by atoms with Gasteiger partial charge in [-0.05, 0) is 24.1 Å². The van der Waals surface area contributed by atoms with Crippen LogP contribution in [0.2, 0.25) is 0 Å². The zero-order chi connectivity index (χ0) is 10.7. The van der Waals surface area contributed by atoms with Crippen LogP contribution in [0.1, 0.15) is 12.5 Å². The van der Waals surface area contributed by atoms with Crippen molar-refractivity contribution >= 4 is 28.5 Å². The quantitative estimate of drug-likeness (QED) is 0.803. The van der Waals surface area contributed by atoms with E-state index in [-0.39, 0.29) is 0 Å². The minimum absolute atomic E-state index is 0.438. The minimum atomic E-state index is 0.438. The highest BCUT2D eigenvalue weighted by Gasteiger charge is 2.11. The SMILES string of the molecule is CCc1ccc(NC2=NC(=N)CS2)cc1. The third-order valence-corrected chi connectivity index (χ3v) is 3.08. The van der Waals surface area contributed by atoms with E-state index in [0.29, 0.717) is 11.6 Å². The summed E-state index contributed by atoms with van der Waals surface area (Å²) in [5, 5.41) is 11.4. The van der Waals surface area contributed by atoms with Crippen molar-refractivity contribution in [3.63, 3.8) is 0 Å². The van der Waals surface area contributed by atoms with Gasteiger partial charge in [0.15, 0.2) is 5.17 Å². The van der Waals surface area contributed by atoms with Crippen LogP contribution in [0.15, 0.2) is 29.3 Å². The molecule has 0 atom stereocenters. The second-order valence-corrected chi connectivity index (χ2v) is 4.29. The number of thioether (sulfide) groups is 1. The normalized spacial score (nSPS) is 15.3. The van der Waals surface area contributed by atoms with Crippen LogP contribution in [-0.4, -0.2) is 16.8 Å². The van der Waals surface area contributed by atoms with Crippen LogP contribution in [0.3, 0.4) is 0 Å². The number of amidine groups is 2. The smallest absolute Gasteiger partial charge is 0.168 e. The standard InChI is InChI=1S/C11H13N3S/c1-2-8-3-5-9(6-4-8)13-11-14-10(12)7-15-11/h3-6H,2,7H2,1H3,(H2,12,13,14). The van der Waals surface area contributed by atoms with Gasteiger partial charge in [0.2, 0.25) is 0 Å². The largest absolute Gasteiger partial charge is 0.335 e.